The van der Waals surface area contributed by atoms with Crippen LogP contribution >= 0.6 is 11.3 Å². The molecule has 1 fully saturated rings. The van der Waals surface area contributed by atoms with Gasteiger partial charge in [0.25, 0.3) is 5.91 Å². The van der Waals surface area contributed by atoms with E-state index < -0.39 is 11.9 Å². The molecule has 1 aliphatic rings. The van der Waals surface area contributed by atoms with Gasteiger partial charge in [0.05, 0.1) is 0 Å². The number of halogens is 1. The van der Waals surface area contributed by atoms with Crippen LogP contribution in [0.4, 0.5) is 15.2 Å². The van der Waals surface area contributed by atoms with Crippen molar-refractivity contribution in [1.29, 1.82) is 0 Å². The van der Waals surface area contributed by atoms with Crippen LogP contribution in [0.1, 0.15) is 11.6 Å². The quantitative estimate of drug-likeness (QED) is 0.337. The lowest BCUT2D eigenvalue weighted by molar-refractivity contribution is -0.118. The van der Waals surface area contributed by atoms with E-state index in [4.69, 9.17) is 0 Å². The maximum Gasteiger partial charge on any atom is 0.255 e. The number of amides is 1. The van der Waals surface area contributed by atoms with Gasteiger partial charge < -0.3 is 10.2 Å². The Morgan fingerprint density at radius 3 is 2.54 bits per heavy atom. The predicted octanol–water partition coefficient (Wildman–Crippen LogP) is 4.94. The number of hydrogen-bond acceptors (Lipinski definition) is 6. The third-order valence-electron chi connectivity index (χ3n) is 6.59. The Morgan fingerprint density at radius 1 is 1.03 bits per heavy atom. The van der Waals surface area contributed by atoms with Crippen LogP contribution in [0.3, 0.4) is 0 Å². The van der Waals surface area contributed by atoms with Gasteiger partial charge in [-0.15, -0.1) is 11.3 Å². The zero-order valence-corrected chi connectivity index (χ0v) is 20.8. The zero-order chi connectivity index (χ0) is 25.2. The van der Waals surface area contributed by atoms with E-state index in [1.54, 1.807) is 23.8 Å². The van der Waals surface area contributed by atoms with Crippen LogP contribution < -0.4 is 15.5 Å². The largest absolute Gasteiger partial charge is 0.369 e. The van der Waals surface area contributed by atoms with E-state index in [2.05, 4.69) is 25.6 Å². The fourth-order valence-corrected chi connectivity index (χ4v) is 5.25. The molecule has 0 radical (unpaired) electrons. The number of aromatic nitrogens is 3. The molecule has 3 aromatic carbocycles. The molecule has 9 heteroatoms. The summed E-state index contributed by atoms with van der Waals surface area (Å²) in [7, 11) is 0. The summed E-state index contributed by atoms with van der Waals surface area (Å²) in [6.07, 6.45) is 3.35. The van der Waals surface area contributed by atoms with E-state index in [9.17, 15) is 4.79 Å². The molecule has 0 bridgehead atoms. The summed E-state index contributed by atoms with van der Waals surface area (Å²) in [5.41, 5.74) is 3.37. The van der Waals surface area contributed by atoms with Crippen molar-refractivity contribution in [2.24, 2.45) is 0 Å². The number of anilines is 2. The van der Waals surface area contributed by atoms with Crippen LogP contribution in [0.5, 0.6) is 0 Å². The first-order valence-electron chi connectivity index (χ1n) is 12.2. The zero-order valence-electron chi connectivity index (χ0n) is 20.0. The molecule has 0 aliphatic carbocycles. The Morgan fingerprint density at radius 2 is 1.81 bits per heavy atom. The second-order valence-corrected chi connectivity index (χ2v) is 9.79. The standard InChI is InChI=1S/C28H25FN6OS/c29-24-23(19-6-9-22(10-7-19)34-15-12-30-13-16-34)11-8-21-18-35(33-25(21)24)26(20-4-2-1-3-5-20)27(36)32-28-31-14-17-37-28/h1-11,14,17-18,26,30H,12-13,15-16H2,(H,31,32,36)/t26-/m1/s1. The minimum Gasteiger partial charge on any atom is -0.369 e. The summed E-state index contributed by atoms with van der Waals surface area (Å²) in [5, 5.41) is 13.7. The summed E-state index contributed by atoms with van der Waals surface area (Å²) in [4.78, 5) is 19.8. The highest BCUT2D eigenvalue weighted by Gasteiger charge is 2.26. The highest BCUT2D eigenvalue weighted by molar-refractivity contribution is 7.13. The maximum absolute atomic E-state index is 15.8. The average Bonchev–Trinajstić information content (AvgIpc) is 3.61. The van der Waals surface area contributed by atoms with Gasteiger partial charge in [-0.1, -0.05) is 54.6 Å². The van der Waals surface area contributed by atoms with Crippen LogP contribution in [-0.4, -0.2) is 46.9 Å². The Bertz CT molecular complexity index is 1510. The molecule has 1 aliphatic heterocycles. The Hall–Kier alpha value is -4.08. The SMILES string of the molecule is O=C(Nc1nccs1)[C@@H](c1ccccc1)n1cc2ccc(-c3ccc(N4CCNCC4)cc3)c(F)c2n1. The van der Waals surface area contributed by atoms with E-state index >= 15 is 4.39 Å². The molecular formula is C28H25FN6OS. The number of rotatable bonds is 6. The van der Waals surface area contributed by atoms with Gasteiger partial charge >= 0.3 is 0 Å². The Balaban J connectivity index is 1.34. The summed E-state index contributed by atoms with van der Waals surface area (Å²) >= 11 is 1.34. The first kappa shape index (κ1) is 23.3. The van der Waals surface area contributed by atoms with E-state index in [1.165, 1.54) is 16.0 Å². The van der Waals surface area contributed by atoms with Crippen molar-refractivity contribution in [1.82, 2.24) is 20.1 Å². The van der Waals surface area contributed by atoms with Gasteiger partial charge in [-0.05, 0) is 23.3 Å². The Kier molecular flexibility index (Phi) is 6.38. The molecule has 0 unspecified atom stereocenters. The van der Waals surface area contributed by atoms with E-state index in [0.717, 1.165) is 43.0 Å². The molecule has 7 nitrogen and oxygen atoms in total. The summed E-state index contributed by atoms with van der Waals surface area (Å²) in [6, 6.07) is 20.2. The molecule has 1 saturated heterocycles. The minimum absolute atomic E-state index is 0.228. The van der Waals surface area contributed by atoms with Gasteiger partial charge in [-0.2, -0.15) is 5.10 Å². The second-order valence-electron chi connectivity index (χ2n) is 8.90. The van der Waals surface area contributed by atoms with Crippen LogP contribution in [0.25, 0.3) is 22.0 Å². The smallest absolute Gasteiger partial charge is 0.255 e. The molecule has 3 heterocycles. The van der Waals surface area contributed by atoms with E-state index in [1.807, 2.05) is 60.7 Å². The van der Waals surface area contributed by atoms with Crippen molar-refractivity contribution in [2.45, 2.75) is 6.04 Å². The molecule has 0 saturated carbocycles. The van der Waals surface area contributed by atoms with Gasteiger partial charge in [-0.25, -0.2) is 9.37 Å². The van der Waals surface area contributed by atoms with Crippen molar-refractivity contribution in [3.63, 3.8) is 0 Å². The van der Waals surface area contributed by atoms with Crippen LogP contribution in [0.2, 0.25) is 0 Å². The van der Waals surface area contributed by atoms with Gasteiger partial charge in [-0.3, -0.25) is 14.8 Å². The predicted molar refractivity (Wildman–Crippen MR) is 146 cm³/mol. The lowest BCUT2D eigenvalue weighted by atomic mass is 10.0. The van der Waals surface area contributed by atoms with E-state index in [0.29, 0.717) is 16.1 Å². The number of thiazole rings is 1. The molecular weight excluding hydrogens is 487 g/mol. The average molecular weight is 513 g/mol. The summed E-state index contributed by atoms with van der Waals surface area (Å²) < 4.78 is 17.3. The monoisotopic (exact) mass is 512 g/mol. The molecule has 2 N–H and O–H groups in total. The van der Waals surface area contributed by atoms with Crippen molar-refractivity contribution < 1.29 is 9.18 Å². The minimum atomic E-state index is -0.779. The Labute approximate surface area is 217 Å². The lowest BCUT2D eigenvalue weighted by Crippen LogP contribution is -2.43. The fourth-order valence-electron chi connectivity index (χ4n) is 4.72. The molecule has 6 rings (SSSR count). The van der Waals surface area contributed by atoms with E-state index in [-0.39, 0.29) is 11.4 Å². The molecule has 2 aromatic heterocycles. The van der Waals surface area contributed by atoms with Gasteiger partial charge in [0, 0.05) is 60.6 Å². The molecule has 37 heavy (non-hydrogen) atoms. The number of benzene rings is 3. The summed E-state index contributed by atoms with van der Waals surface area (Å²) in [5.74, 6) is -0.698. The molecule has 5 aromatic rings. The van der Waals surface area contributed by atoms with Gasteiger partial charge in [0.1, 0.15) is 5.52 Å². The van der Waals surface area contributed by atoms with Crippen LogP contribution in [0.15, 0.2) is 84.5 Å². The number of fused-ring (bicyclic) bond motifs is 1. The molecule has 186 valence electrons. The molecule has 1 amide bonds. The number of carbonyl (C=O) groups is 1. The van der Waals surface area contributed by atoms with Crippen LogP contribution in [0, 0.1) is 5.82 Å². The number of piperazine rings is 1. The highest BCUT2D eigenvalue weighted by Crippen LogP contribution is 2.31. The highest BCUT2D eigenvalue weighted by atomic mass is 32.1. The van der Waals surface area contributed by atoms with Crippen molar-refractivity contribution in [3.05, 3.63) is 95.9 Å². The number of nitrogens with zero attached hydrogens (tertiary/aromatic N) is 4. The second kappa shape index (κ2) is 10.1. The first-order chi connectivity index (χ1) is 18.2. The number of nitrogens with one attached hydrogen (secondary N) is 2. The first-order valence-corrected chi connectivity index (χ1v) is 13.0. The third kappa shape index (κ3) is 4.71. The fraction of sp³-hybridized carbons (Fsp3) is 0.179. The van der Waals surface area contributed by atoms with Crippen molar-refractivity contribution in [2.75, 3.05) is 36.4 Å². The third-order valence-corrected chi connectivity index (χ3v) is 7.27. The topological polar surface area (TPSA) is 75.1 Å². The van der Waals surface area contributed by atoms with Crippen molar-refractivity contribution in [3.8, 4) is 11.1 Å². The number of carbonyl (C=O) groups excluding carboxylic acids is 1. The molecule has 1 atom stereocenters. The molecule has 0 spiro atoms. The van der Waals surface area contributed by atoms with Gasteiger partial charge in [0.2, 0.25) is 0 Å². The summed E-state index contributed by atoms with van der Waals surface area (Å²) in [6.45, 7) is 3.83. The lowest BCUT2D eigenvalue weighted by Gasteiger charge is -2.29. The maximum atomic E-state index is 15.8. The normalized spacial score (nSPS) is 14.6. The van der Waals surface area contributed by atoms with Gasteiger partial charge in [0.15, 0.2) is 17.0 Å². The number of hydrogen-bond donors (Lipinski definition) is 2. The van der Waals surface area contributed by atoms with Crippen molar-refractivity contribution >= 4 is 39.0 Å². The van der Waals surface area contributed by atoms with Crippen LogP contribution in [-0.2, 0) is 4.79 Å².